The highest BCUT2D eigenvalue weighted by Gasteiger charge is 2.45. The molecule has 0 saturated heterocycles. The zero-order chi connectivity index (χ0) is 24.5. The van der Waals surface area contributed by atoms with Crippen LogP contribution in [0.5, 0.6) is 17.2 Å². The zero-order valence-electron chi connectivity index (χ0n) is 19.1. The molecule has 5 nitrogen and oxygen atoms in total. The van der Waals surface area contributed by atoms with E-state index < -0.39 is 17.7 Å². The van der Waals surface area contributed by atoms with Crippen molar-refractivity contribution in [2.75, 3.05) is 6.61 Å². The second-order valence-corrected chi connectivity index (χ2v) is 8.71. The fourth-order valence-electron chi connectivity index (χ4n) is 4.66. The summed E-state index contributed by atoms with van der Waals surface area (Å²) in [6.07, 6.45) is 1.35. The van der Waals surface area contributed by atoms with E-state index in [-0.39, 0.29) is 29.1 Å². The van der Waals surface area contributed by atoms with E-state index in [2.05, 4.69) is 0 Å². The van der Waals surface area contributed by atoms with Gasteiger partial charge in [-0.2, -0.15) is 5.26 Å². The van der Waals surface area contributed by atoms with Gasteiger partial charge >= 0.3 is 5.97 Å². The Hall–Kier alpha value is -3.92. The van der Waals surface area contributed by atoms with Crippen molar-refractivity contribution in [1.82, 2.24) is 0 Å². The quantitative estimate of drug-likeness (QED) is 0.372. The Morgan fingerprint density at radius 3 is 2.54 bits per heavy atom. The van der Waals surface area contributed by atoms with Gasteiger partial charge in [0.05, 0.1) is 24.2 Å². The molecule has 0 aromatic heterocycles. The molecule has 0 aliphatic heterocycles. The van der Waals surface area contributed by atoms with E-state index in [9.17, 15) is 13.6 Å². The second-order valence-electron chi connectivity index (χ2n) is 8.71. The second kappa shape index (κ2) is 9.38. The SMILES string of the molecule is CCOC(=O)[C@H]1C[C@@H]1c1ccc(O[C@@H]2CCc3c(Oc4ccc(C#N)cc4F)ccc(F)c32)cc1. The summed E-state index contributed by atoms with van der Waals surface area (Å²) < 4.78 is 46.1. The van der Waals surface area contributed by atoms with E-state index in [1.807, 2.05) is 30.3 Å². The van der Waals surface area contributed by atoms with Crippen molar-refractivity contribution in [3.63, 3.8) is 0 Å². The van der Waals surface area contributed by atoms with E-state index >= 15 is 0 Å². The van der Waals surface area contributed by atoms with Crippen LogP contribution in [0.2, 0.25) is 0 Å². The first kappa shape index (κ1) is 22.9. The highest BCUT2D eigenvalue weighted by atomic mass is 19.1. The molecule has 35 heavy (non-hydrogen) atoms. The first-order chi connectivity index (χ1) is 17.0. The van der Waals surface area contributed by atoms with E-state index in [1.165, 1.54) is 24.3 Å². The van der Waals surface area contributed by atoms with Gasteiger partial charge in [-0.05, 0) is 80.1 Å². The lowest BCUT2D eigenvalue weighted by Crippen LogP contribution is -2.07. The van der Waals surface area contributed by atoms with Gasteiger partial charge in [-0.1, -0.05) is 12.1 Å². The Balaban J connectivity index is 1.30. The molecule has 3 aromatic rings. The summed E-state index contributed by atoms with van der Waals surface area (Å²) >= 11 is 0. The number of halogens is 2. The molecule has 5 rings (SSSR count). The van der Waals surface area contributed by atoms with E-state index in [0.29, 0.717) is 42.1 Å². The Morgan fingerprint density at radius 1 is 1.06 bits per heavy atom. The van der Waals surface area contributed by atoms with Crippen molar-refractivity contribution in [1.29, 1.82) is 5.26 Å². The number of ether oxygens (including phenoxy) is 3. The molecular weight excluding hydrogens is 452 g/mol. The highest BCUT2D eigenvalue weighted by Crippen LogP contribution is 2.49. The van der Waals surface area contributed by atoms with Gasteiger partial charge in [0.25, 0.3) is 0 Å². The van der Waals surface area contributed by atoms with Crippen LogP contribution in [0, 0.1) is 28.9 Å². The van der Waals surface area contributed by atoms with Crippen molar-refractivity contribution in [2.45, 2.75) is 38.2 Å². The van der Waals surface area contributed by atoms with E-state index in [0.717, 1.165) is 18.1 Å². The van der Waals surface area contributed by atoms with Crippen molar-refractivity contribution in [3.05, 3.63) is 88.5 Å². The summed E-state index contributed by atoms with van der Waals surface area (Å²) in [5, 5.41) is 8.92. The maximum absolute atomic E-state index is 14.8. The van der Waals surface area contributed by atoms with Gasteiger partial charge in [0.1, 0.15) is 23.4 Å². The van der Waals surface area contributed by atoms with Crippen molar-refractivity contribution in [3.8, 4) is 23.3 Å². The third-order valence-corrected chi connectivity index (χ3v) is 6.49. The maximum atomic E-state index is 14.8. The van der Waals surface area contributed by atoms with E-state index in [4.69, 9.17) is 19.5 Å². The molecule has 0 amide bonds. The molecule has 2 aliphatic carbocycles. The van der Waals surface area contributed by atoms with Crippen LogP contribution in [-0.2, 0) is 16.0 Å². The smallest absolute Gasteiger partial charge is 0.309 e. The molecule has 0 spiro atoms. The summed E-state index contributed by atoms with van der Waals surface area (Å²) in [5.74, 6) is -0.203. The largest absolute Gasteiger partial charge is 0.486 e. The topological polar surface area (TPSA) is 68.6 Å². The normalized spacial score (nSPS) is 20.0. The Kier molecular flexibility index (Phi) is 6.12. The van der Waals surface area contributed by atoms with Gasteiger partial charge in [0.15, 0.2) is 11.6 Å². The van der Waals surface area contributed by atoms with Gasteiger partial charge in [0, 0.05) is 11.1 Å². The highest BCUT2D eigenvalue weighted by molar-refractivity contribution is 5.77. The molecule has 0 unspecified atom stereocenters. The Morgan fingerprint density at radius 2 is 1.83 bits per heavy atom. The molecule has 3 atom stereocenters. The van der Waals surface area contributed by atoms with Gasteiger partial charge in [0.2, 0.25) is 0 Å². The van der Waals surface area contributed by atoms with Gasteiger partial charge in [-0.3, -0.25) is 4.79 Å². The average Bonchev–Trinajstić information content (AvgIpc) is 3.56. The average molecular weight is 475 g/mol. The monoisotopic (exact) mass is 475 g/mol. The summed E-state index contributed by atoms with van der Waals surface area (Å²) in [4.78, 5) is 11.9. The number of carbonyl (C=O) groups is 1. The third kappa shape index (κ3) is 4.57. The standard InChI is InChI=1S/C28H23F2NO4/c1-2-33-28(32)21-14-20(21)17-4-6-18(7-5-17)34-26-11-8-19-24(12-9-22(29)27(19)26)35-25-10-3-16(15-31)13-23(25)30/h3-7,9-10,12-13,20-21,26H,2,8,11,14H2,1H3/t20-,21+,26-/m1/s1. The molecule has 1 saturated carbocycles. The molecule has 0 bridgehead atoms. The maximum Gasteiger partial charge on any atom is 0.309 e. The predicted octanol–water partition coefficient (Wildman–Crippen LogP) is 6.36. The number of carbonyl (C=O) groups excluding carboxylic acids is 1. The van der Waals surface area contributed by atoms with Gasteiger partial charge in [-0.25, -0.2) is 8.78 Å². The van der Waals surface area contributed by atoms with Crippen LogP contribution >= 0.6 is 0 Å². The zero-order valence-corrected chi connectivity index (χ0v) is 19.1. The fourth-order valence-corrected chi connectivity index (χ4v) is 4.66. The predicted molar refractivity (Wildman–Crippen MR) is 123 cm³/mol. The number of nitrogens with zero attached hydrogens (tertiary/aromatic N) is 1. The van der Waals surface area contributed by atoms with Crippen LogP contribution in [0.3, 0.4) is 0 Å². The molecule has 0 radical (unpaired) electrons. The van der Waals surface area contributed by atoms with Crippen molar-refractivity contribution < 1.29 is 27.8 Å². The number of hydrogen-bond acceptors (Lipinski definition) is 5. The fraction of sp³-hybridized carbons (Fsp3) is 0.286. The molecule has 2 aliphatic rings. The summed E-state index contributed by atoms with van der Waals surface area (Å²) in [7, 11) is 0. The first-order valence-corrected chi connectivity index (χ1v) is 11.6. The van der Waals surface area contributed by atoms with Crippen LogP contribution in [0.4, 0.5) is 8.78 Å². The summed E-state index contributed by atoms with van der Waals surface area (Å²) in [6, 6.07) is 16.1. The molecule has 178 valence electrons. The minimum absolute atomic E-state index is 0.0287. The number of esters is 1. The van der Waals surface area contributed by atoms with Crippen LogP contribution < -0.4 is 9.47 Å². The first-order valence-electron chi connectivity index (χ1n) is 11.6. The number of rotatable bonds is 7. The minimum Gasteiger partial charge on any atom is -0.486 e. The van der Waals surface area contributed by atoms with Gasteiger partial charge in [-0.15, -0.1) is 0 Å². The minimum atomic E-state index is -0.658. The van der Waals surface area contributed by atoms with Crippen LogP contribution in [0.15, 0.2) is 54.6 Å². The molecule has 7 heteroatoms. The molecule has 1 fully saturated rings. The number of benzene rings is 3. The molecule has 0 heterocycles. The molecule has 0 N–H and O–H groups in total. The van der Waals surface area contributed by atoms with Crippen molar-refractivity contribution in [2.24, 2.45) is 5.92 Å². The summed E-state index contributed by atoms with van der Waals surface area (Å²) in [5.41, 5.74) is 2.29. The van der Waals surface area contributed by atoms with Crippen LogP contribution in [-0.4, -0.2) is 12.6 Å². The van der Waals surface area contributed by atoms with E-state index in [1.54, 1.807) is 6.92 Å². The van der Waals surface area contributed by atoms with Crippen LogP contribution in [0.25, 0.3) is 0 Å². The molecule has 3 aromatic carbocycles. The van der Waals surface area contributed by atoms with Crippen molar-refractivity contribution >= 4 is 5.97 Å². The number of hydrogen-bond donors (Lipinski definition) is 0. The number of fused-ring (bicyclic) bond motifs is 1. The lowest BCUT2D eigenvalue weighted by atomic mass is 10.1. The Bertz CT molecular complexity index is 1320. The lowest BCUT2D eigenvalue weighted by molar-refractivity contribution is -0.144. The molecular formula is C28H23F2NO4. The summed E-state index contributed by atoms with van der Waals surface area (Å²) in [6.45, 7) is 2.18. The van der Waals surface area contributed by atoms with Crippen LogP contribution in [0.1, 0.15) is 54.0 Å². The Labute approximate surface area is 201 Å². The number of nitriles is 1. The lowest BCUT2D eigenvalue weighted by Gasteiger charge is -2.17. The third-order valence-electron chi connectivity index (χ3n) is 6.49. The van der Waals surface area contributed by atoms with Gasteiger partial charge < -0.3 is 14.2 Å².